The van der Waals surface area contributed by atoms with Crippen LogP contribution in [0.1, 0.15) is 35.8 Å². The zero-order chi connectivity index (χ0) is 37.6. The third kappa shape index (κ3) is 7.29. The summed E-state index contributed by atoms with van der Waals surface area (Å²) in [6.07, 6.45) is -1.73. The van der Waals surface area contributed by atoms with E-state index in [2.05, 4.69) is 41.3 Å². The molecule has 0 amide bonds. The SMILES string of the molecule is [O-]C1C(c2ccc(N(CCCO)CCCO)cc2O)C([O-])C1c1ccc(N(c2ccccc2-c2ccccc2)c2ccccc2-c2ccccc2)cc1O. The van der Waals surface area contributed by atoms with E-state index in [1.807, 2.05) is 83.8 Å². The van der Waals surface area contributed by atoms with Crippen molar-refractivity contribution in [1.29, 1.82) is 0 Å². The normalized spacial score (nSPS) is 17.9. The number of phenolic OH excluding ortho intramolecular Hbond substituents is 2. The monoisotopic (exact) mass is 720 g/mol. The summed E-state index contributed by atoms with van der Waals surface area (Å²) in [5, 5.41) is 69.0. The molecule has 7 rings (SSSR count). The van der Waals surface area contributed by atoms with E-state index in [0.29, 0.717) is 37.3 Å². The molecule has 1 saturated carbocycles. The van der Waals surface area contributed by atoms with E-state index >= 15 is 0 Å². The summed E-state index contributed by atoms with van der Waals surface area (Å²) in [5.41, 5.74) is 7.72. The summed E-state index contributed by atoms with van der Waals surface area (Å²) >= 11 is 0. The number of hydrogen-bond donors (Lipinski definition) is 4. The average molecular weight is 721 g/mol. The van der Waals surface area contributed by atoms with Crippen molar-refractivity contribution < 1.29 is 30.6 Å². The fourth-order valence-electron chi connectivity index (χ4n) is 7.71. The van der Waals surface area contributed by atoms with Gasteiger partial charge in [-0.3, -0.25) is 0 Å². The lowest BCUT2D eigenvalue weighted by atomic mass is 9.63. The predicted molar refractivity (Wildman–Crippen MR) is 210 cm³/mol. The highest BCUT2D eigenvalue weighted by molar-refractivity contribution is 5.93. The van der Waals surface area contributed by atoms with Crippen molar-refractivity contribution in [2.45, 2.75) is 36.9 Å². The lowest BCUT2D eigenvalue weighted by Crippen LogP contribution is -2.63. The maximum Gasteiger partial charge on any atom is 0.121 e. The molecule has 8 heteroatoms. The van der Waals surface area contributed by atoms with Gasteiger partial charge in [0, 0.05) is 60.9 Å². The molecule has 54 heavy (non-hydrogen) atoms. The molecule has 2 unspecified atom stereocenters. The van der Waals surface area contributed by atoms with Crippen LogP contribution in [0.4, 0.5) is 22.7 Å². The number of nitrogens with zero attached hydrogens (tertiary/aromatic N) is 2. The van der Waals surface area contributed by atoms with Crippen LogP contribution >= 0.6 is 0 Å². The standard InChI is InChI=1S/C46H44N2O6/c49-27-11-25-47(26-12-28-50)33-21-23-37(41(51)29-33)43-45(53)44(46(43)54)38-24-22-34(30-42(38)52)48(39-19-9-7-17-35(39)31-13-3-1-4-14-31)40-20-10-8-18-36(40)32-15-5-2-6-16-32/h1-10,13-24,29-30,43-46,49-52H,11-12,25-28H2/q-2. The van der Waals surface area contributed by atoms with Crippen molar-refractivity contribution in [1.82, 2.24) is 0 Å². The number of rotatable bonds is 14. The Hall–Kier alpha value is -5.64. The van der Waals surface area contributed by atoms with Crippen molar-refractivity contribution in [2.75, 3.05) is 36.1 Å². The number of aliphatic hydroxyl groups excluding tert-OH is 2. The molecule has 1 aliphatic carbocycles. The number of aliphatic hydroxyl groups is 2. The molecule has 4 N–H and O–H groups in total. The molecule has 6 aromatic rings. The lowest BCUT2D eigenvalue weighted by Gasteiger charge is -2.61. The fraction of sp³-hybridized carbons (Fsp3) is 0.217. The second-order valence-electron chi connectivity index (χ2n) is 13.7. The van der Waals surface area contributed by atoms with Crippen LogP contribution < -0.4 is 20.0 Å². The summed E-state index contributed by atoms with van der Waals surface area (Å²) in [6, 6.07) is 46.5. The van der Waals surface area contributed by atoms with Gasteiger partial charge < -0.3 is 40.4 Å². The summed E-state index contributed by atoms with van der Waals surface area (Å²) in [6.45, 7) is 1.06. The van der Waals surface area contributed by atoms with E-state index in [9.17, 15) is 30.6 Å². The maximum absolute atomic E-state index is 13.8. The van der Waals surface area contributed by atoms with Gasteiger partial charge in [0.05, 0.1) is 11.4 Å². The zero-order valence-corrected chi connectivity index (χ0v) is 29.9. The predicted octanol–water partition coefficient (Wildman–Crippen LogP) is 6.81. The van der Waals surface area contributed by atoms with E-state index in [1.54, 1.807) is 24.3 Å². The largest absolute Gasteiger partial charge is 0.851 e. The Morgan fingerprint density at radius 2 is 0.889 bits per heavy atom. The van der Waals surface area contributed by atoms with Crippen molar-refractivity contribution in [3.05, 3.63) is 157 Å². The quantitative estimate of drug-likeness (QED) is 0.0965. The average Bonchev–Trinajstić information content (AvgIpc) is 3.21. The third-order valence-electron chi connectivity index (χ3n) is 10.4. The first kappa shape index (κ1) is 36.7. The number of phenols is 2. The Labute approximate surface area is 316 Å². The Bertz CT molecular complexity index is 2060. The first-order valence-corrected chi connectivity index (χ1v) is 18.4. The van der Waals surface area contributed by atoms with Gasteiger partial charge in [-0.1, -0.05) is 109 Å². The molecule has 0 heterocycles. The molecule has 1 aliphatic rings. The molecule has 276 valence electrons. The van der Waals surface area contributed by atoms with Gasteiger partial charge in [-0.05, 0) is 71.2 Å². The van der Waals surface area contributed by atoms with Gasteiger partial charge >= 0.3 is 0 Å². The van der Waals surface area contributed by atoms with Crippen LogP contribution in [0, 0.1) is 0 Å². The van der Waals surface area contributed by atoms with Crippen LogP contribution in [-0.4, -0.2) is 58.9 Å². The van der Waals surface area contributed by atoms with E-state index in [1.165, 1.54) is 6.07 Å². The minimum Gasteiger partial charge on any atom is -0.851 e. The van der Waals surface area contributed by atoms with Gasteiger partial charge in [-0.25, -0.2) is 0 Å². The summed E-state index contributed by atoms with van der Waals surface area (Å²) in [7, 11) is 0. The third-order valence-corrected chi connectivity index (χ3v) is 10.4. The van der Waals surface area contributed by atoms with E-state index in [0.717, 1.165) is 33.6 Å². The molecule has 0 radical (unpaired) electrons. The molecule has 0 aliphatic heterocycles. The van der Waals surface area contributed by atoms with Crippen LogP contribution in [0.25, 0.3) is 22.3 Å². The summed E-state index contributed by atoms with van der Waals surface area (Å²) in [4.78, 5) is 4.05. The van der Waals surface area contributed by atoms with Crippen molar-refractivity contribution in [3.8, 4) is 33.8 Å². The Morgan fingerprint density at radius 3 is 1.33 bits per heavy atom. The number of hydrogen-bond acceptors (Lipinski definition) is 8. The van der Waals surface area contributed by atoms with Gasteiger partial charge in [-0.2, -0.15) is 0 Å². The highest BCUT2D eigenvalue weighted by atomic mass is 16.3. The smallest absolute Gasteiger partial charge is 0.121 e. The molecule has 0 spiro atoms. The van der Waals surface area contributed by atoms with Crippen molar-refractivity contribution in [2.24, 2.45) is 0 Å². The molecule has 8 nitrogen and oxygen atoms in total. The second-order valence-corrected chi connectivity index (χ2v) is 13.7. The lowest BCUT2D eigenvalue weighted by molar-refractivity contribution is -0.536. The van der Waals surface area contributed by atoms with Crippen LogP contribution in [0.15, 0.2) is 146 Å². The molecular weight excluding hydrogens is 677 g/mol. The highest BCUT2D eigenvalue weighted by Crippen LogP contribution is 2.52. The topological polar surface area (TPSA) is 134 Å². The van der Waals surface area contributed by atoms with Gasteiger partial charge in [0.25, 0.3) is 0 Å². The molecular formula is C46H44N2O6-2. The van der Waals surface area contributed by atoms with Crippen LogP contribution in [0.2, 0.25) is 0 Å². The van der Waals surface area contributed by atoms with Gasteiger partial charge in [-0.15, -0.1) is 12.2 Å². The molecule has 6 aromatic carbocycles. The molecule has 0 bridgehead atoms. The number of aromatic hydroxyl groups is 2. The Balaban J connectivity index is 1.23. The number of para-hydroxylation sites is 2. The van der Waals surface area contributed by atoms with Crippen LogP contribution in [0.3, 0.4) is 0 Å². The zero-order valence-electron chi connectivity index (χ0n) is 29.9. The molecule has 0 saturated heterocycles. The first-order valence-electron chi connectivity index (χ1n) is 18.4. The molecule has 1 fully saturated rings. The highest BCUT2D eigenvalue weighted by Gasteiger charge is 2.41. The van der Waals surface area contributed by atoms with Crippen LogP contribution in [0.5, 0.6) is 11.5 Å². The van der Waals surface area contributed by atoms with E-state index < -0.39 is 24.0 Å². The van der Waals surface area contributed by atoms with Crippen molar-refractivity contribution in [3.63, 3.8) is 0 Å². The molecule has 2 atom stereocenters. The van der Waals surface area contributed by atoms with Gasteiger partial charge in [0.1, 0.15) is 11.5 Å². The minimum absolute atomic E-state index is 0.00664. The molecule has 0 aromatic heterocycles. The summed E-state index contributed by atoms with van der Waals surface area (Å²) < 4.78 is 0. The van der Waals surface area contributed by atoms with Crippen LogP contribution in [-0.2, 0) is 0 Å². The maximum atomic E-state index is 13.8. The first-order chi connectivity index (χ1) is 26.4. The number of benzene rings is 6. The second kappa shape index (κ2) is 16.6. The van der Waals surface area contributed by atoms with E-state index in [4.69, 9.17) is 0 Å². The Kier molecular flexibility index (Phi) is 11.3. The van der Waals surface area contributed by atoms with Gasteiger partial charge in [0.15, 0.2) is 0 Å². The van der Waals surface area contributed by atoms with Crippen molar-refractivity contribution >= 4 is 22.7 Å². The summed E-state index contributed by atoms with van der Waals surface area (Å²) in [5.74, 6) is -2.27. The van der Waals surface area contributed by atoms with Gasteiger partial charge in [0.2, 0.25) is 0 Å². The number of anilines is 4. The Morgan fingerprint density at radius 1 is 0.481 bits per heavy atom. The fourth-order valence-corrected chi connectivity index (χ4v) is 7.71. The minimum atomic E-state index is -1.38. The van der Waals surface area contributed by atoms with E-state index in [-0.39, 0.29) is 35.8 Å².